The van der Waals surface area contributed by atoms with Gasteiger partial charge >= 0.3 is 11.9 Å². The van der Waals surface area contributed by atoms with Gasteiger partial charge in [0.05, 0.1) is 33.5 Å². The molecule has 0 aliphatic carbocycles. The van der Waals surface area contributed by atoms with E-state index in [0.717, 1.165) is 32.1 Å². The first kappa shape index (κ1) is 24.2. The van der Waals surface area contributed by atoms with Crippen molar-refractivity contribution in [1.29, 1.82) is 0 Å². The van der Waals surface area contributed by atoms with Crippen LogP contribution in [-0.2, 0) is 29.1 Å². The number of rotatable bonds is 2. The summed E-state index contributed by atoms with van der Waals surface area (Å²) < 4.78 is 0. The topological polar surface area (TPSA) is 126 Å². The fraction of sp³-hybridized carbons (Fsp3) is 0.100. The van der Waals surface area contributed by atoms with Crippen molar-refractivity contribution in [3.63, 3.8) is 0 Å². The summed E-state index contributed by atoms with van der Waals surface area (Å²) in [5, 5.41) is 18.3. The van der Waals surface area contributed by atoms with Crippen LogP contribution >= 0.6 is 43.2 Å². The molecule has 2 aromatic carbocycles. The predicted octanol–water partition coefficient (Wildman–Crippen LogP) is 5.02. The zero-order valence-corrected chi connectivity index (χ0v) is 22.8. The van der Waals surface area contributed by atoms with Crippen LogP contribution in [0.4, 0.5) is 0 Å². The number of carbonyl (C=O) groups is 2. The van der Waals surface area contributed by atoms with Crippen LogP contribution < -0.4 is 0 Å². The van der Waals surface area contributed by atoms with Crippen LogP contribution in [0.3, 0.4) is 0 Å². The molecular weight excluding hydrogens is 554 g/mol. The number of para-hydroxylation sites is 4. The second-order valence-corrected chi connectivity index (χ2v) is 11.2. The van der Waals surface area contributed by atoms with E-state index in [1.54, 1.807) is 0 Å². The molecule has 0 bridgehead atoms. The van der Waals surface area contributed by atoms with Crippen molar-refractivity contribution < 1.29 is 39.3 Å². The molecule has 0 saturated carbocycles. The Kier molecular flexibility index (Phi) is 7.44. The quantitative estimate of drug-likeness (QED) is 0.250. The molecule has 162 valence electrons. The van der Waals surface area contributed by atoms with E-state index in [2.05, 4.69) is 19.9 Å². The van der Waals surface area contributed by atoms with Gasteiger partial charge in [-0.25, -0.2) is 19.9 Å². The molecule has 0 saturated heterocycles. The number of hydrogen-bond donors (Lipinski definition) is 2. The van der Waals surface area contributed by atoms with E-state index < -0.39 is 22.4 Å². The maximum atomic E-state index is 11.0. The van der Waals surface area contributed by atoms with Crippen molar-refractivity contribution in [1.82, 2.24) is 19.9 Å². The molecule has 8 nitrogen and oxygen atoms in total. The van der Waals surface area contributed by atoms with Crippen molar-refractivity contribution in [3.8, 4) is 0 Å². The molecule has 4 heterocycles. The first-order valence-electron chi connectivity index (χ1n) is 9.17. The Morgan fingerprint density at radius 1 is 0.636 bits per heavy atom. The molecule has 0 radical (unpaired) electrons. The van der Waals surface area contributed by atoms with E-state index in [1.165, 1.54) is 43.2 Å². The standard InChI is InChI=1S/2C10H6N2O2S2.Zn/c2*13-10(14)8-7-9(16-15-8)12-6-4-2-1-3-5(6)11-7;/h2*1-4,8H,(H,13,14);. The van der Waals surface area contributed by atoms with Crippen molar-refractivity contribution in [2.45, 2.75) is 20.6 Å². The number of carboxylic acid groups (broad SMARTS) is 2. The van der Waals surface area contributed by atoms with E-state index in [0.29, 0.717) is 11.4 Å². The summed E-state index contributed by atoms with van der Waals surface area (Å²) in [6.07, 6.45) is 0. The van der Waals surface area contributed by atoms with Crippen molar-refractivity contribution in [2.24, 2.45) is 0 Å². The van der Waals surface area contributed by atoms with Crippen LogP contribution in [0.15, 0.2) is 58.6 Å². The summed E-state index contributed by atoms with van der Waals surface area (Å²) in [7, 11) is 5.33. The van der Waals surface area contributed by atoms with Crippen molar-refractivity contribution in [2.75, 3.05) is 0 Å². The number of hydrogen-bond acceptors (Lipinski definition) is 10. The van der Waals surface area contributed by atoms with E-state index in [1.807, 2.05) is 48.5 Å². The van der Waals surface area contributed by atoms with Crippen molar-refractivity contribution in [3.05, 3.63) is 59.9 Å². The number of benzene rings is 2. The van der Waals surface area contributed by atoms with Crippen LogP contribution in [0.1, 0.15) is 21.9 Å². The summed E-state index contributed by atoms with van der Waals surface area (Å²) in [6.45, 7) is 0. The molecule has 0 spiro atoms. The molecule has 2 aromatic heterocycles. The third-order valence-electron chi connectivity index (χ3n) is 4.52. The van der Waals surface area contributed by atoms with Crippen LogP contribution in [0.5, 0.6) is 0 Å². The Morgan fingerprint density at radius 3 is 1.30 bits per heavy atom. The molecule has 4 aromatic rings. The van der Waals surface area contributed by atoms with E-state index in [-0.39, 0.29) is 19.5 Å². The Morgan fingerprint density at radius 2 is 0.970 bits per heavy atom. The van der Waals surface area contributed by atoms with Crippen molar-refractivity contribution >= 4 is 77.2 Å². The fourth-order valence-corrected chi connectivity index (χ4v) is 7.92. The second kappa shape index (κ2) is 10.1. The molecule has 0 amide bonds. The van der Waals surface area contributed by atoms with Crippen LogP contribution in [-0.4, -0.2) is 42.1 Å². The number of carboxylic acids is 2. The van der Waals surface area contributed by atoms with Crippen LogP contribution in [0.2, 0.25) is 0 Å². The number of fused-ring (bicyclic) bond motifs is 4. The minimum absolute atomic E-state index is 0. The van der Waals surface area contributed by atoms with Gasteiger partial charge < -0.3 is 10.2 Å². The number of nitrogens with zero attached hydrogens (tertiary/aromatic N) is 4. The van der Waals surface area contributed by atoms with Gasteiger partial charge in [-0.15, -0.1) is 0 Å². The number of aliphatic carboxylic acids is 2. The van der Waals surface area contributed by atoms with Gasteiger partial charge in [0.2, 0.25) is 0 Å². The summed E-state index contributed by atoms with van der Waals surface area (Å²) in [5.41, 5.74) is 4.24. The Hall–Kier alpha value is -1.92. The fourth-order valence-electron chi connectivity index (χ4n) is 3.05. The van der Waals surface area contributed by atoms with Gasteiger partial charge in [0.15, 0.2) is 10.5 Å². The zero-order chi connectivity index (χ0) is 22.2. The smallest absolute Gasteiger partial charge is 0.323 e. The molecule has 2 atom stereocenters. The molecule has 2 unspecified atom stereocenters. The van der Waals surface area contributed by atoms with Gasteiger partial charge in [-0.3, -0.25) is 9.59 Å². The maximum absolute atomic E-state index is 11.0. The summed E-state index contributed by atoms with van der Waals surface area (Å²) in [6, 6.07) is 15.0. The molecule has 13 heteroatoms. The Labute approximate surface area is 215 Å². The summed E-state index contributed by atoms with van der Waals surface area (Å²) >= 11 is 0. The molecule has 33 heavy (non-hydrogen) atoms. The average Bonchev–Trinajstić information content (AvgIpc) is 3.40. The largest absolute Gasteiger partial charge is 0.480 e. The molecule has 0 fully saturated rings. The Bertz CT molecular complexity index is 1290. The second-order valence-electron chi connectivity index (χ2n) is 6.60. The van der Waals surface area contributed by atoms with Gasteiger partial charge in [0.25, 0.3) is 0 Å². The average molecular weight is 566 g/mol. The van der Waals surface area contributed by atoms with E-state index >= 15 is 0 Å². The summed E-state index contributed by atoms with van der Waals surface area (Å²) in [4.78, 5) is 39.6. The third-order valence-corrected chi connectivity index (χ3v) is 9.54. The molecule has 2 aliphatic heterocycles. The maximum Gasteiger partial charge on any atom is 0.323 e. The normalized spacial score (nSPS) is 18.1. The molecule has 6 rings (SSSR count). The monoisotopic (exact) mass is 564 g/mol. The first-order valence-corrected chi connectivity index (χ1v) is 13.6. The van der Waals surface area contributed by atoms with Crippen LogP contribution in [0.25, 0.3) is 22.1 Å². The van der Waals surface area contributed by atoms with Gasteiger partial charge in [-0.05, 0) is 45.9 Å². The van der Waals surface area contributed by atoms with Gasteiger partial charge in [-0.2, -0.15) is 0 Å². The van der Waals surface area contributed by atoms with Gasteiger partial charge in [0.1, 0.15) is 10.1 Å². The first-order chi connectivity index (χ1) is 15.5. The SMILES string of the molecule is O=C(O)C1SSc2nc3ccccc3nc21.O=C(O)C1SSc2nc3ccccc3nc21.[Zn]. The minimum Gasteiger partial charge on any atom is -0.480 e. The van der Waals surface area contributed by atoms with Crippen LogP contribution in [0, 0.1) is 0 Å². The minimum atomic E-state index is -0.860. The third kappa shape index (κ3) is 4.83. The van der Waals surface area contributed by atoms with E-state index in [9.17, 15) is 9.59 Å². The van der Waals surface area contributed by atoms with Gasteiger partial charge in [0, 0.05) is 19.5 Å². The number of aromatic nitrogens is 4. The molecule has 2 aliphatic rings. The molecular formula is C20H12N4O4S4Zn. The van der Waals surface area contributed by atoms with E-state index in [4.69, 9.17) is 10.2 Å². The Balaban J connectivity index is 0.000000152. The molecule has 2 N–H and O–H groups in total. The predicted molar refractivity (Wildman–Crippen MR) is 127 cm³/mol. The van der Waals surface area contributed by atoms with Gasteiger partial charge in [-0.1, -0.05) is 45.9 Å². The zero-order valence-electron chi connectivity index (χ0n) is 16.6. The summed E-state index contributed by atoms with van der Waals surface area (Å²) in [5.74, 6) is -1.72.